The van der Waals surface area contributed by atoms with Gasteiger partial charge in [0.2, 0.25) is 0 Å². The second-order valence-electron chi connectivity index (χ2n) is 8.77. The number of benzene rings is 1. The molecule has 0 unspecified atom stereocenters. The first-order valence-electron chi connectivity index (χ1n) is 11.0. The molecule has 6 heteroatoms. The fourth-order valence-corrected chi connectivity index (χ4v) is 5.33. The molecule has 156 valence electrons. The van der Waals surface area contributed by atoms with E-state index in [-0.39, 0.29) is 11.4 Å². The lowest BCUT2D eigenvalue weighted by Gasteiger charge is -2.53. The van der Waals surface area contributed by atoms with Crippen LogP contribution in [0.25, 0.3) is 5.65 Å². The second kappa shape index (κ2) is 7.84. The van der Waals surface area contributed by atoms with E-state index < -0.39 is 0 Å². The van der Waals surface area contributed by atoms with E-state index in [1.54, 1.807) is 10.7 Å². The van der Waals surface area contributed by atoms with Crippen LogP contribution < -0.4 is 0 Å². The molecule has 5 rings (SSSR count). The number of hydrogen-bond acceptors (Lipinski definition) is 4. The van der Waals surface area contributed by atoms with Gasteiger partial charge in [0, 0.05) is 44.1 Å². The van der Waals surface area contributed by atoms with Crippen molar-refractivity contribution in [2.24, 2.45) is 0 Å². The van der Waals surface area contributed by atoms with Crippen molar-refractivity contribution in [2.45, 2.75) is 51.1 Å². The third kappa shape index (κ3) is 3.39. The standard InChI is InChI=1S/C24H29N5O/c1-19-21(22-25-13-8-14-29(22)26-19)23(30)27-15-16-28(17-20-9-4-2-5-10-20)24(18-27)11-6-3-7-12-24/h2,4-5,8-10,13-14H,3,6-7,11-12,15-18H2,1H3. The Kier molecular flexibility index (Phi) is 5.03. The third-order valence-corrected chi connectivity index (χ3v) is 6.87. The average Bonchev–Trinajstić information content (AvgIpc) is 3.12. The van der Waals surface area contributed by atoms with Crippen LogP contribution in [0.15, 0.2) is 48.8 Å². The summed E-state index contributed by atoms with van der Waals surface area (Å²) in [4.78, 5) is 22.7. The van der Waals surface area contributed by atoms with Crippen molar-refractivity contribution >= 4 is 11.6 Å². The summed E-state index contributed by atoms with van der Waals surface area (Å²) in [6, 6.07) is 12.6. The molecule has 0 radical (unpaired) electrons. The highest BCUT2D eigenvalue weighted by molar-refractivity contribution is 6.01. The molecular formula is C24H29N5O. The summed E-state index contributed by atoms with van der Waals surface area (Å²) in [6.07, 6.45) is 9.69. The number of hydrogen-bond donors (Lipinski definition) is 0. The zero-order valence-corrected chi connectivity index (χ0v) is 17.6. The lowest BCUT2D eigenvalue weighted by molar-refractivity contribution is -0.0252. The quantitative estimate of drug-likeness (QED) is 0.669. The van der Waals surface area contributed by atoms with Crippen LogP contribution in [-0.4, -0.2) is 55.5 Å². The van der Waals surface area contributed by atoms with Gasteiger partial charge in [0.1, 0.15) is 5.56 Å². The van der Waals surface area contributed by atoms with Gasteiger partial charge in [-0.15, -0.1) is 0 Å². The van der Waals surface area contributed by atoms with Gasteiger partial charge in [-0.2, -0.15) is 5.10 Å². The number of amides is 1. The molecule has 2 aliphatic rings. The number of aromatic nitrogens is 3. The number of fused-ring (bicyclic) bond motifs is 1. The minimum absolute atomic E-state index is 0.0745. The Bertz CT molecular complexity index is 1040. The maximum atomic E-state index is 13.6. The number of piperazine rings is 1. The molecule has 1 saturated carbocycles. The van der Waals surface area contributed by atoms with E-state index in [0.717, 1.165) is 44.7 Å². The summed E-state index contributed by atoms with van der Waals surface area (Å²) >= 11 is 0. The lowest BCUT2D eigenvalue weighted by atomic mass is 9.78. The van der Waals surface area contributed by atoms with Crippen molar-refractivity contribution in [3.05, 3.63) is 65.6 Å². The van der Waals surface area contributed by atoms with Gasteiger partial charge in [0.05, 0.1) is 5.69 Å². The molecule has 3 aromatic rings. The molecule has 3 heterocycles. The van der Waals surface area contributed by atoms with Crippen molar-refractivity contribution in [1.29, 1.82) is 0 Å². The topological polar surface area (TPSA) is 53.7 Å². The molecule has 1 saturated heterocycles. The molecule has 0 atom stereocenters. The van der Waals surface area contributed by atoms with Gasteiger partial charge in [-0.05, 0) is 31.4 Å². The fraction of sp³-hybridized carbons (Fsp3) is 0.458. The van der Waals surface area contributed by atoms with Gasteiger partial charge in [-0.1, -0.05) is 49.6 Å². The van der Waals surface area contributed by atoms with Crippen LogP contribution in [0.1, 0.15) is 53.7 Å². The van der Waals surface area contributed by atoms with Gasteiger partial charge >= 0.3 is 0 Å². The van der Waals surface area contributed by atoms with Crippen LogP contribution >= 0.6 is 0 Å². The Hall–Kier alpha value is -2.73. The Labute approximate surface area is 177 Å². The monoisotopic (exact) mass is 403 g/mol. The first kappa shape index (κ1) is 19.2. The van der Waals surface area contributed by atoms with Gasteiger partial charge in [-0.3, -0.25) is 9.69 Å². The first-order valence-corrected chi connectivity index (χ1v) is 11.0. The van der Waals surface area contributed by atoms with Crippen LogP contribution in [0.3, 0.4) is 0 Å². The first-order chi connectivity index (χ1) is 14.7. The molecule has 1 amide bonds. The van der Waals surface area contributed by atoms with E-state index in [1.165, 1.54) is 24.8 Å². The third-order valence-electron chi connectivity index (χ3n) is 6.87. The predicted octanol–water partition coefficient (Wildman–Crippen LogP) is 3.70. The van der Waals surface area contributed by atoms with Crippen molar-refractivity contribution in [1.82, 2.24) is 24.4 Å². The Balaban J connectivity index is 1.43. The molecule has 30 heavy (non-hydrogen) atoms. The van der Waals surface area contributed by atoms with Crippen molar-refractivity contribution in [3.8, 4) is 0 Å². The van der Waals surface area contributed by atoms with Crippen molar-refractivity contribution < 1.29 is 4.79 Å². The number of carbonyl (C=O) groups is 1. The Morgan fingerprint density at radius 3 is 2.67 bits per heavy atom. The summed E-state index contributed by atoms with van der Waals surface area (Å²) in [5.41, 5.74) is 3.49. The Morgan fingerprint density at radius 1 is 1.07 bits per heavy atom. The van der Waals surface area contributed by atoms with E-state index >= 15 is 0 Å². The summed E-state index contributed by atoms with van der Waals surface area (Å²) in [6.45, 7) is 5.32. The molecule has 2 aromatic heterocycles. The van der Waals surface area contributed by atoms with Crippen LogP contribution in [-0.2, 0) is 6.54 Å². The number of nitrogens with zero attached hydrogens (tertiary/aromatic N) is 5. The fourth-order valence-electron chi connectivity index (χ4n) is 5.33. The van der Waals surface area contributed by atoms with Crippen LogP contribution in [0.2, 0.25) is 0 Å². The average molecular weight is 404 g/mol. The molecule has 0 N–H and O–H groups in total. The van der Waals surface area contributed by atoms with Crippen LogP contribution in [0, 0.1) is 6.92 Å². The van der Waals surface area contributed by atoms with Crippen molar-refractivity contribution in [2.75, 3.05) is 19.6 Å². The highest BCUT2D eigenvalue weighted by Crippen LogP contribution is 2.38. The van der Waals surface area contributed by atoms with Crippen LogP contribution in [0.5, 0.6) is 0 Å². The molecule has 6 nitrogen and oxygen atoms in total. The number of aryl methyl sites for hydroxylation is 1. The normalized spacial score (nSPS) is 19.4. The van der Waals surface area contributed by atoms with E-state index in [9.17, 15) is 4.79 Å². The highest BCUT2D eigenvalue weighted by atomic mass is 16.2. The van der Waals surface area contributed by atoms with Gasteiger partial charge < -0.3 is 4.90 Å². The largest absolute Gasteiger partial charge is 0.335 e. The molecule has 2 fully saturated rings. The second-order valence-corrected chi connectivity index (χ2v) is 8.77. The van der Waals surface area contributed by atoms with Gasteiger partial charge in [0.25, 0.3) is 5.91 Å². The molecule has 1 aromatic carbocycles. The molecule has 1 aliphatic carbocycles. The lowest BCUT2D eigenvalue weighted by Crippen LogP contribution is -2.63. The zero-order chi connectivity index (χ0) is 20.6. The molecular weight excluding hydrogens is 374 g/mol. The number of carbonyl (C=O) groups excluding carboxylic acids is 1. The highest BCUT2D eigenvalue weighted by Gasteiger charge is 2.44. The van der Waals surface area contributed by atoms with E-state index in [1.807, 2.05) is 19.2 Å². The maximum absolute atomic E-state index is 13.6. The van der Waals surface area contributed by atoms with E-state index in [2.05, 4.69) is 50.2 Å². The molecule has 0 bridgehead atoms. The van der Waals surface area contributed by atoms with E-state index in [0.29, 0.717) is 11.2 Å². The number of rotatable bonds is 3. The summed E-state index contributed by atoms with van der Waals surface area (Å²) < 4.78 is 1.71. The predicted molar refractivity (Wildman–Crippen MR) is 116 cm³/mol. The Morgan fingerprint density at radius 2 is 1.87 bits per heavy atom. The van der Waals surface area contributed by atoms with Gasteiger partial charge in [0.15, 0.2) is 5.65 Å². The van der Waals surface area contributed by atoms with Crippen LogP contribution in [0.4, 0.5) is 0 Å². The summed E-state index contributed by atoms with van der Waals surface area (Å²) in [5, 5.41) is 4.50. The minimum Gasteiger partial charge on any atom is -0.335 e. The van der Waals surface area contributed by atoms with Crippen molar-refractivity contribution in [3.63, 3.8) is 0 Å². The summed E-state index contributed by atoms with van der Waals surface area (Å²) in [5.74, 6) is 0.0745. The summed E-state index contributed by atoms with van der Waals surface area (Å²) in [7, 11) is 0. The maximum Gasteiger partial charge on any atom is 0.259 e. The minimum atomic E-state index is 0.0745. The van der Waals surface area contributed by atoms with Gasteiger partial charge in [-0.25, -0.2) is 9.50 Å². The molecule has 1 spiro atoms. The van der Waals surface area contributed by atoms with E-state index in [4.69, 9.17) is 0 Å². The smallest absolute Gasteiger partial charge is 0.259 e. The zero-order valence-electron chi connectivity index (χ0n) is 17.6. The SMILES string of the molecule is Cc1nn2cccnc2c1C(=O)N1CCN(Cc2ccccc2)C2(CCCCC2)C1. The molecule has 1 aliphatic heterocycles.